The van der Waals surface area contributed by atoms with Gasteiger partial charge in [0.15, 0.2) is 0 Å². The number of benzene rings is 2. The van der Waals surface area contributed by atoms with E-state index in [1.54, 1.807) is 24.3 Å². The molecule has 3 aromatic rings. The van der Waals surface area contributed by atoms with Crippen LogP contribution in [0.4, 0.5) is 20.3 Å². The van der Waals surface area contributed by atoms with E-state index < -0.39 is 5.56 Å². The lowest BCUT2D eigenvalue weighted by Gasteiger charge is -2.15. The Kier molecular flexibility index (Phi) is 16.1. The zero-order valence-electron chi connectivity index (χ0n) is 23.3. The molecule has 1 aromatic heterocycles. The molecule has 0 saturated heterocycles. The number of nitrogens with zero attached hydrogens (tertiary/aromatic N) is 1. The highest BCUT2D eigenvalue weighted by Gasteiger charge is 2.12. The van der Waals surface area contributed by atoms with Crippen LogP contribution in [0.15, 0.2) is 52.2 Å². The van der Waals surface area contributed by atoms with E-state index in [0.29, 0.717) is 28.5 Å². The molecule has 1 saturated carbocycles. The lowest BCUT2D eigenvalue weighted by Crippen LogP contribution is -2.21. The van der Waals surface area contributed by atoms with Crippen molar-refractivity contribution >= 4 is 40.8 Å². The van der Waals surface area contributed by atoms with Gasteiger partial charge in [-0.3, -0.25) is 9.18 Å². The van der Waals surface area contributed by atoms with Gasteiger partial charge < -0.3 is 20.8 Å². The van der Waals surface area contributed by atoms with Crippen LogP contribution in [-0.2, 0) is 0 Å². The molecule has 1 aliphatic carbocycles. The van der Waals surface area contributed by atoms with E-state index in [1.165, 1.54) is 63.6 Å². The highest BCUT2D eigenvalue weighted by Crippen LogP contribution is 2.27. The van der Waals surface area contributed by atoms with Crippen molar-refractivity contribution in [1.82, 2.24) is 9.97 Å². The first-order chi connectivity index (χ1) is 18.7. The van der Waals surface area contributed by atoms with Gasteiger partial charge in [-0.2, -0.15) is 0 Å². The van der Waals surface area contributed by atoms with Gasteiger partial charge in [-0.15, -0.1) is 0 Å². The number of nitrogens with one attached hydrogen (secondary N) is 3. The van der Waals surface area contributed by atoms with E-state index in [9.17, 15) is 13.6 Å². The summed E-state index contributed by atoms with van der Waals surface area (Å²) < 4.78 is 26.3. The second-order valence-electron chi connectivity index (χ2n) is 9.11. The third-order valence-electron chi connectivity index (χ3n) is 5.55. The van der Waals surface area contributed by atoms with Gasteiger partial charge in [-0.25, -0.2) is 9.37 Å². The molecule has 1 aliphatic rings. The van der Waals surface area contributed by atoms with E-state index in [4.69, 9.17) is 22.7 Å². The molecule has 0 aliphatic heterocycles. The first kappa shape index (κ1) is 34.1. The maximum Gasteiger partial charge on any atom is 0.262 e. The zero-order chi connectivity index (χ0) is 29.4. The van der Waals surface area contributed by atoms with E-state index in [-0.39, 0.29) is 22.9 Å². The second kappa shape index (κ2) is 18.4. The van der Waals surface area contributed by atoms with E-state index in [1.807, 2.05) is 0 Å². The molecule has 39 heavy (non-hydrogen) atoms. The lowest BCUT2D eigenvalue weighted by molar-refractivity contribution is 0.385. The number of halogens is 3. The number of aromatic nitrogens is 2. The number of hydrogen-bond donors (Lipinski definition) is 4. The predicted octanol–water partition coefficient (Wildman–Crippen LogP) is 8.91. The molecule has 1 fully saturated rings. The van der Waals surface area contributed by atoms with Crippen LogP contribution >= 0.6 is 23.5 Å². The summed E-state index contributed by atoms with van der Waals surface area (Å²) >= 11 is 6.98. The Balaban J connectivity index is 0.000000530. The largest absolute Gasteiger partial charge is 0.383 e. The van der Waals surface area contributed by atoms with Crippen LogP contribution in [0.25, 0.3) is 11.4 Å². The number of anilines is 2. The lowest BCUT2D eigenvalue weighted by atomic mass is 9.91. The van der Waals surface area contributed by atoms with Crippen LogP contribution in [0.2, 0.25) is 5.02 Å². The van der Waals surface area contributed by atoms with Gasteiger partial charge in [0.1, 0.15) is 23.0 Å². The van der Waals surface area contributed by atoms with Crippen LogP contribution in [0, 0.1) is 17.1 Å². The van der Waals surface area contributed by atoms with Crippen molar-refractivity contribution in [3.05, 3.63) is 69.2 Å². The molecule has 0 unspecified atom stereocenters. The fourth-order valence-electron chi connectivity index (χ4n) is 3.66. The number of nitrogens with two attached hydrogens (primary N) is 1. The van der Waals surface area contributed by atoms with Crippen molar-refractivity contribution in [3.8, 4) is 11.4 Å². The van der Waals surface area contributed by atoms with Crippen molar-refractivity contribution < 1.29 is 8.78 Å². The molecule has 1 heterocycles. The number of H-pyrrole nitrogens is 1. The van der Waals surface area contributed by atoms with E-state index in [2.05, 4.69) is 35.5 Å². The van der Waals surface area contributed by atoms with Gasteiger partial charge in [0.25, 0.3) is 5.56 Å². The average molecular weight is 580 g/mol. The summed E-state index contributed by atoms with van der Waals surface area (Å²) in [5.41, 5.74) is 6.83. The number of aromatic amines is 1. The monoisotopic (exact) mass is 579 g/mol. The highest BCUT2D eigenvalue weighted by molar-refractivity contribution is 8.00. The molecular weight excluding hydrogens is 540 g/mol. The summed E-state index contributed by atoms with van der Waals surface area (Å²) in [6.45, 7) is 8.09. The third-order valence-corrected chi connectivity index (χ3v) is 6.65. The van der Waals surface area contributed by atoms with Gasteiger partial charge in [0, 0.05) is 22.0 Å². The highest BCUT2D eigenvalue weighted by atomic mass is 35.5. The molecule has 0 amide bonds. The van der Waals surface area contributed by atoms with Crippen molar-refractivity contribution in [2.45, 2.75) is 71.1 Å². The molecule has 4 rings (SSSR count). The predicted molar refractivity (Wildman–Crippen MR) is 163 cm³/mol. The van der Waals surface area contributed by atoms with Crippen molar-refractivity contribution in [3.63, 3.8) is 0 Å². The number of rotatable bonds is 5. The van der Waals surface area contributed by atoms with Gasteiger partial charge >= 0.3 is 0 Å². The molecule has 10 heteroatoms. The Hall–Kier alpha value is -2.91. The molecule has 2 aromatic carbocycles. The molecule has 0 bridgehead atoms. The second-order valence-corrected chi connectivity index (χ2v) is 10.4. The van der Waals surface area contributed by atoms with Crippen LogP contribution in [0.5, 0.6) is 0 Å². The fraction of sp³-hybridized carbons (Fsp3) is 0.414. The van der Waals surface area contributed by atoms with Gasteiger partial charge in [0.05, 0.1) is 12.1 Å². The maximum absolute atomic E-state index is 13.7. The van der Waals surface area contributed by atoms with Crippen LogP contribution in [-0.4, -0.2) is 22.9 Å². The van der Waals surface area contributed by atoms with Gasteiger partial charge in [-0.1, -0.05) is 70.9 Å². The minimum absolute atomic E-state index is 0.00967. The molecule has 0 spiro atoms. The number of alkyl halides is 1. The normalized spacial score (nSPS) is 12.5. The van der Waals surface area contributed by atoms with Gasteiger partial charge in [-0.05, 0) is 67.3 Å². The minimum Gasteiger partial charge on any atom is -0.383 e. The molecular formula is C29H40ClF2N5OS. The summed E-state index contributed by atoms with van der Waals surface area (Å²) in [7, 11) is 0.500. The van der Waals surface area contributed by atoms with Crippen LogP contribution < -0.4 is 16.0 Å². The van der Waals surface area contributed by atoms with Gasteiger partial charge in [0.2, 0.25) is 0 Å². The topological polar surface area (TPSA) is 108 Å². The summed E-state index contributed by atoms with van der Waals surface area (Å²) in [4.78, 5) is 19.3. The third kappa shape index (κ3) is 11.8. The van der Waals surface area contributed by atoms with Crippen LogP contribution in [0.1, 0.15) is 71.8 Å². The van der Waals surface area contributed by atoms with E-state index in [0.717, 1.165) is 23.6 Å². The number of hydrogen-bond acceptors (Lipinski definition) is 6. The molecule has 214 valence electrons. The maximum atomic E-state index is 13.7. The van der Waals surface area contributed by atoms with Crippen molar-refractivity contribution in [2.24, 2.45) is 5.92 Å². The first-order valence-electron chi connectivity index (χ1n) is 13.0. The first-order valence-corrected chi connectivity index (χ1v) is 14.2. The van der Waals surface area contributed by atoms with E-state index >= 15 is 0 Å². The molecule has 0 atom stereocenters. The Morgan fingerprint density at radius 3 is 2.23 bits per heavy atom. The smallest absolute Gasteiger partial charge is 0.262 e. The summed E-state index contributed by atoms with van der Waals surface area (Å²) in [6.07, 6.45) is 8.69. The van der Waals surface area contributed by atoms with Crippen molar-refractivity contribution in [2.75, 3.05) is 17.6 Å². The quantitative estimate of drug-likeness (QED) is 0.178. The SMILES string of the molecule is CC(=N)c1c(N)nc(-c2ccc(NSc3cc(Cl)ccc3F)cc2)[nH]c1=O.CC1CCCCC1.CCC.CF. The minimum atomic E-state index is -0.459. The molecule has 5 N–H and O–H groups in total. The summed E-state index contributed by atoms with van der Waals surface area (Å²) in [6, 6.07) is 11.3. The molecule has 0 radical (unpaired) electrons. The zero-order valence-corrected chi connectivity index (χ0v) is 24.9. The Labute approximate surface area is 239 Å². The Morgan fingerprint density at radius 2 is 1.74 bits per heavy atom. The fourth-order valence-corrected chi connectivity index (χ4v) is 4.61. The molecule has 6 nitrogen and oxygen atoms in total. The van der Waals surface area contributed by atoms with Crippen LogP contribution in [0.3, 0.4) is 0 Å². The summed E-state index contributed by atoms with van der Waals surface area (Å²) in [5.74, 6) is 0.985. The standard InChI is InChI=1S/C18H15ClFN5OS.C7H14.C3H8.CH3F/c1-9(21)15-16(22)23-17(24-18(15)26)10-2-5-12(6-3-10)25-27-14-8-11(19)4-7-13(14)20;1-7-5-3-2-4-6-7;1-3-2;1-2/h2-8,21,25H,1H3,(H3,22,23,24,26);7H,2-6H2,1H3;3H2,1-2H3;1H3. The number of nitrogen functional groups attached to an aromatic ring is 1. The van der Waals surface area contributed by atoms with Crippen molar-refractivity contribution in [1.29, 1.82) is 5.41 Å². The summed E-state index contributed by atoms with van der Waals surface area (Å²) in [5, 5.41) is 8.03. The Bertz CT molecular complexity index is 1220. The average Bonchev–Trinajstić information content (AvgIpc) is 2.91. The Morgan fingerprint density at radius 1 is 1.15 bits per heavy atom.